The van der Waals surface area contributed by atoms with E-state index in [0.29, 0.717) is 5.02 Å². The van der Waals surface area contributed by atoms with Crippen LogP contribution in [0.25, 0.3) is 16.7 Å². The summed E-state index contributed by atoms with van der Waals surface area (Å²) in [6.45, 7) is 0.217. The Balaban J connectivity index is 1.71. The lowest BCUT2D eigenvalue weighted by molar-refractivity contribution is 0.0511. The van der Waals surface area contributed by atoms with E-state index in [-0.39, 0.29) is 6.79 Å². The molecule has 142 valence electrons. The molecule has 0 bridgehead atoms. The van der Waals surface area contributed by atoms with Crippen molar-refractivity contribution in [2.75, 3.05) is 13.9 Å². The van der Waals surface area contributed by atoms with Crippen LogP contribution in [0.15, 0.2) is 72.1 Å². The molecule has 7 heteroatoms. The van der Waals surface area contributed by atoms with Crippen molar-refractivity contribution < 1.29 is 9.47 Å². The maximum Gasteiger partial charge on any atom is 0.188 e. The molecule has 0 amide bonds. The predicted molar refractivity (Wildman–Crippen MR) is 112 cm³/mol. The molecule has 2 aromatic carbocycles. The van der Waals surface area contributed by atoms with Gasteiger partial charge in [-0.05, 0) is 54.1 Å². The number of benzene rings is 2. The molecule has 5 nitrogen and oxygen atoms in total. The Kier molecular flexibility index (Phi) is 5.81. The van der Waals surface area contributed by atoms with Crippen LogP contribution in [-0.4, -0.2) is 28.4 Å². The van der Waals surface area contributed by atoms with Gasteiger partial charge in [0.05, 0.1) is 11.0 Å². The number of methoxy groups -OCH3 is 1. The van der Waals surface area contributed by atoms with Crippen molar-refractivity contribution in [3.63, 3.8) is 0 Å². The predicted octanol–water partition coefficient (Wildman–Crippen LogP) is 5.35. The van der Waals surface area contributed by atoms with E-state index in [9.17, 15) is 0 Å². The van der Waals surface area contributed by atoms with E-state index in [1.165, 1.54) is 0 Å². The number of halogens is 1. The zero-order chi connectivity index (χ0) is 19.3. The summed E-state index contributed by atoms with van der Waals surface area (Å²) < 4.78 is 12.6. The molecule has 4 rings (SSSR count). The van der Waals surface area contributed by atoms with Gasteiger partial charge in [-0.2, -0.15) is 0 Å². The number of aromatic nitrogens is 3. The second-order valence-electron chi connectivity index (χ2n) is 6.06. The van der Waals surface area contributed by atoms with Gasteiger partial charge in [0.2, 0.25) is 0 Å². The van der Waals surface area contributed by atoms with Gasteiger partial charge < -0.3 is 9.47 Å². The minimum Gasteiger partial charge on any atom is -0.468 e. The van der Waals surface area contributed by atoms with Gasteiger partial charge in [0.1, 0.15) is 5.75 Å². The third kappa shape index (κ3) is 4.14. The minimum atomic E-state index is 0.217. The standard InChI is InChI=1S/C21H18ClN3O2S/c1-26-14-27-18-7-5-17(6-8-18)25-20-11-16(22)4-9-19(20)24-21(25)28-13-15-3-2-10-23-12-15/h2-12H,13-14H2,1H3. The van der Waals surface area contributed by atoms with E-state index in [0.717, 1.165) is 38.9 Å². The fraction of sp³-hybridized carbons (Fsp3) is 0.143. The van der Waals surface area contributed by atoms with Crippen LogP contribution in [0.3, 0.4) is 0 Å². The summed E-state index contributed by atoms with van der Waals surface area (Å²) >= 11 is 7.91. The molecule has 0 aliphatic rings. The van der Waals surface area contributed by atoms with Crippen LogP contribution in [0.2, 0.25) is 5.02 Å². The molecule has 0 unspecified atom stereocenters. The zero-order valence-electron chi connectivity index (χ0n) is 15.2. The Morgan fingerprint density at radius 1 is 1.11 bits per heavy atom. The fourth-order valence-electron chi connectivity index (χ4n) is 2.82. The Hall–Kier alpha value is -2.54. The van der Waals surface area contributed by atoms with Gasteiger partial charge in [0.25, 0.3) is 0 Å². The highest BCUT2D eigenvalue weighted by Gasteiger charge is 2.14. The molecule has 0 spiro atoms. The molecule has 0 fully saturated rings. The second-order valence-corrected chi connectivity index (χ2v) is 7.44. The van der Waals surface area contributed by atoms with E-state index in [2.05, 4.69) is 15.6 Å². The van der Waals surface area contributed by atoms with Crippen molar-refractivity contribution in [2.45, 2.75) is 10.9 Å². The van der Waals surface area contributed by atoms with Crippen LogP contribution >= 0.6 is 23.4 Å². The molecule has 0 N–H and O–H groups in total. The first-order valence-electron chi connectivity index (χ1n) is 8.66. The van der Waals surface area contributed by atoms with Crippen LogP contribution in [-0.2, 0) is 10.5 Å². The van der Waals surface area contributed by atoms with Gasteiger partial charge in [0, 0.05) is 36.0 Å². The number of imidazole rings is 1. The average Bonchev–Trinajstić information content (AvgIpc) is 3.09. The number of rotatable bonds is 7. The van der Waals surface area contributed by atoms with Gasteiger partial charge in [-0.1, -0.05) is 29.4 Å². The number of pyridine rings is 1. The zero-order valence-corrected chi connectivity index (χ0v) is 16.8. The van der Waals surface area contributed by atoms with E-state index >= 15 is 0 Å². The summed E-state index contributed by atoms with van der Waals surface area (Å²) in [6, 6.07) is 17.6. The summed E-state index contributed by atoms with van der Waals surface area (Å²) in [5.74, 6) is 1.53. The summed E-state index contributed by atoms with van der Waals surface area (Å²) in [6.07, 6.45) is 3.65. The largest absolute Gasteiger partial charge is 0.468 e. The lowest BCUT2D eigenvalue weighted by Gasteiger charge is -2.11. The molecule has 2 aromatic heterocycles. The Morgan fingerprint density at radius 3 is 2.71 bits per heavy atom. The Bertz CT molecular complexity index is 1070. The molecule has 4 aromatic rings. The van der Waals surface area contributed by atoms with E-state index in [1.54, 1.807) is 25.1 Å². The van der Waals surface area contributed by atoms with Gasteiger partial charge >= 0.3 is 0 Å². The van der Waals surface area contributed by atoms with E-state index in [4.69, 9.17) is 26.1 Å². The number of thioether (sulfide) groups is 1. The number of nitrogens with zero attached hydrogens (tertiary/aromatic N) is 3. The van der Waals surface area contributed by atoms with Crippen molar-refractivity contribution in [2.24, 2.45) is 0 Å². The first kappa shape index (κ1) is 18.8. The van der Waals surface area contributed by atoms with Crippen molar-refractivity contribution in [3.8, 4) is 11.4 Å². The molecule has 0 saturated carbocycles. The number of hydrogen-bond donors (Lipinski definition) is 0. The SMILES string of the molecule is COCOc1ccc(-n2c(SCc3cccnc3)nc3ccc(Cl)cc32)cc1. The summed E-state index contributed by atoms with van der Waals surface area (Å²) in [5, 5.41) is 1.57. The van der Waals surface area contributed by atoms with Crippen molar-refractivity contribution in [3.05, 3.63) is 77.6 Å². The normalized spacial score (nSPS) is 11.1. The van der Waals surface area contributed by atoms with Gasteiger partial charge in [-0.25, -0.2) is 4.98 Å². The highest BCUT2D eigenvalue weighted by atomic mass is 35.5. The van der Waals surface area contributed by atoms with Crippen LogP contribution < -0.4 is 4.74 Å². The maximum absolute atomic E-state index is 6.25. The summed E-state index contributed by atoms with van der Waals surface area (Å²) in [4.78, 5) is 9.00. The van der Waals surface area contributed by atoms with Crippen molar-refractivity contribution in [1.29, 1.82) is 0 Å². The lowest BCUT2D eigenvalue weighted by atomic mass is 10.2. The van der Waals surface area contributed by atoms with Crippen molar-refractivity contribution >= 4 is 34.4 Å². The van der Waals surface area contributed by atoms with Crippen molar-refractivity contribution in [1.82, 2.24) is 14.5 Å². The third-order valence-electron chi connectivity index (χ3n) is 4.11. The molecular weight excluding hydrogens is 394 g/mol. The first-order chi connectivity index (χ1) is 13.7. The highest BCUT2D eigenvalue weighted by Crippen LogP contribution is 2.31. The van der Waals surface area contributed by atoms with Gasteiger partial charge in [-0.15, -0.1) is 0 Å². The van der Waals surface area contributed by atoms with E-state index in [1.807, 2.05) is 54.7 Å². The monoisotopic (exact) mass is 411 g/mol. The molecular formula is C21H18ClN3O2S. The topological polar surface area (TPSA) is 49.2 Å². The van der Waals surface area contributed by atoms with Crippen LogP contribution in [0.1, 0.15) is 5.56 Å². The fourth-order valence-corrected chi connectivity index (χ4v) is 3.95. The van der Waals surface area contributed by atoms with Crippen LogP contribution in [0, 0.1) is 0 Å². The Labute approximate surface area is 172 Å². The molecule has 0 radical (unpaired) electrons. The quantitative estimate of drug-likeness (QED) is 0.303. The van der Waals surface area contributed by atoms with Crippen LogP contribution in [0.4, 0.5) is 0 Å². The maximum atomic E-state index is 6.25. The average molecular weight is 412 g/mol. The number of fused-ring (bicyclic) bond motifs is 1. The lowest BCUT2D eigenvalue weighted by Crippen LogP contribution is -2.00. The summed E-state index contributed by atoms with van der Waals surface area (Å²) in [7, 11) is 1.60. The highest BCUT2D eigenvalue weighted by molar-refractivity contribution is 7.98. The molecule has 0 aliphatic heterocycles. The molecule has 28 heavy (non-hydrogen) atoms. The molecule has 0 saturated heterocycles. The first-order valence-corrected chi connectivity index (χ1v) is 10.0. The molecule has 0 atom stereocenters. The van der Waals surface area contributed by atoms with Crippen LogP contribution in [0.5, 0.6) is 5.75 Å². The molecule has 2 heterocycles. The van der Waals surface area contributed by atoms with Gasteiger partial charge in [0.15, 0.2) is 11.9 Å². The third-order valence-corrected chi connectivity index (χ3v) is 5.36. The number of hydrogen-bond acceptors (Lipinski definition) is 5. The number of ether oxygens (including phenoxy) is 2. The summed E-state index contributed by atoms with van der Waals surface area (Å²) in [5.41, 5.74) is 4.00. The smallest absolute Gasteiger partial charge is 0.188 e. The molecule has 0 aliphatic carbocycles. The van der Waals surface area contributed by atoms with Gasteiger partial charge in [-0.3, -0.25) is 9.55 Å². The minimum absolute atomic E-state index is 0.217. The van der Waals surface area contributed by atoms with E-state index < -0.39 is 0 Å². The second kappa shape index (κ2) is 8.65. The Morgan fingerprint density at radius 2 is 1.96 bits per heavy atom.